The lowest BCUT2D eigenvalue weighted by atomic mass is 9.95. The van der Waals surface area contributed by atoms with Crippen molar-refractivity contribution in [1.82, 2.24) is 10.6 Å². The average molecular weight is 777 g/mol. The highest BCUT2D eigenvalue weighted by molar-refractivity contribution is 6.18. The molecule has 17 heteroatoms. The van der Waals surface area contributed by atoms with Crippen LogP contribution in [-0.4, -0.2) is 93.1 Å². The molecule has 0 bridgehead atoms. The number of phenols is 3. The average Bonchev–Trinajstić information content (AvgIpc) is 3.56. The lowest BCUT2D eigenvalue weighted by Gasteiger charge is -2.21. The molecule has 1 heterocycles. The highest BCUT2D eigenvalue weighted by Gasteiger charge is 2.38. The van der Waals surface area contributed by atoms with Crippen molar-refractivity contribution in [2.45, 2.75) is 76.6 Å². The van der Waals surface area contributed by atoms with Gasteiger partial charge >= 0.3 is 24.1 Å². The number of carboxylic acid groups (broad SMARTS) is 2. The van der Waals surface area contributed by atoms with Gasteiger partial charge in [0.25, 0.3) is 5.91 Å². The van der Waals surface area contributed by atoms with Gasteiger partial charge in [-0.05, 0) is 55.0 Å². The number of ketones is 1. The maximum Gasteiger partial charge on any atom is 0.490 e. The van der Waals surface area contributed by atoms with Gasteiger partial charge < -0.3 is 45.6 Å². The number of halogens is 3. The highest BCUT2D eigenvalue weighted by atomic mass is 19.4. The number of hydrogen-bond acceptors (Lipinski definition) is 11. The standard InChI is InChI=1S/C36H42N2O10.C2HF3O2/c1-2-3-4-5-6-7-8-9-17-47-29-19-23(18-28(41)32(29)33(42)31-25(35(44)45)11-10-12-27(31)40)36(46)48-30-21-37-20-26(30)38-34(43)22-13-15-24(39)16-14-22;3-2(4,5)1(6)7/h10-16,18-19,26,30,37,39-41H,2-9,17,20-21H2,1H3,(H,38,43)(H,44,45);(H,6,7)/t26-,30-;/m0./s1. The van der Waals surface area contributed by atoms with Gasteiger partial charge in [-0.2, -0.15) is 13.2 Å². The summed E-state index contributed by atoms with van der Waals surface area (Å²) in [5, 5.41) is 53.7. The van der Waals surface area contributed by atoms with Crippen molar-refractivity contribution in [3.05, 3.63) is 82.4 Å². The molecule has 0 unspecified atom stereocenters. The van der Waals surface area contributed by atoms with E-state index in [2.05, 4.69) is 17.6 Å². The molecule has 1 fully saturated rings. The Morgan fingerprint density at radius 3 is 2.02 bits per heavy atom. The van der Waals surface area contributed by atoms with Crippen molar-refractivity contribution in [1.29, 1.82) is 0 Å². The van der Waals surface area contributed by atoms with Gasteiger partial charge in [-0.25, -0.2) is 14.4 Å². The normalized spacial score (nSPS) is 15.0. The molecule has 1 aliphatic rings. The molecule has 14 nitrogen and oxygen atoms in total. The summed E-state index contributed by atoms with van der Waals surface area (Å²) < 4.78 is 43.4. The number of carboxylic acids is 2. The number of aromatic carboxylic acids is 1. The van der Waals surface area contributed by atoms with Gasteiger partial charge in [-0.3, -0.25) is 9.59 Å². The third-order valence-corrected chi connectivity index (χ3v) is 8.40. The summed E-state index contributed by atoms with van der Waals surface area (Å²) in [6, 6.07) is 11.0. The van der Waals surface area contributed by atoms with E-state index in [1.165, 1.54) is 55.7 Å². The molecule has 1 aliphatic heterocycles. The van der Waals surface area contributed by atoms with Crippen LogP contribution in [0.4, 0.5) is 13.2 Å². The van der Waals surface area contributed by atoms with Crippen molar-refractivity contribution in [3.63, 3.8) is 0 Å². The van der Waals surface area contributed by atoms with E-state index in [1.54, 1.807) is 0 Å². The summed E-state index contributed by atoms with van der Waals surface area (Å²) in [7, 11) is 0. The lowest BCUT2D eigenvalue weighted by molar-refractivity contribution is -0.192. The first-order chi connectivity index (χ1) is 26.0. The number of nitrogens with one attached hydrogen (secondary N) is 2. The van der Waals surface area contributed by atoms with E-state index >= 15 is 0 Å². The second kappa shape index (κ2) is 20.6. The predicted molar refractivity (Wildman–Crippen MR) is 190 cm³/mol. The van der Waals surface area contributed by atoms with Crippen LogP contribution >= 0.6 is 0 Å². The summed E-state index contributed by atoms with van der Waals surface area (Å²) in [5.74, 6) is -7.89. The molecule has 7 N–H and O–H groups in total. The number of ether oxygens (including phenoxy) is 2. The number of amides is 1. The van der Waals surface area contributed by atoms with Gasteiger partial charge in [0.05, 0.1) is 29.3 Å². The molecule has 0 radical (unpaired) electrons. The minimum absolute atomic E-state index is 0.0147. The van der Waals surface area contributed by atoms with Crippen molar-refractivity contribution in [2.75, 3.05) is 19.7 Å². The Morgan fingerprint density at radius 2 is 1.42 bits per heavy atom. The van der Waals surface area contributed by atoms with Crippen LogP contribution in [0.1, 0.15) is 105 Å². The molecular weight excluding hydrogens is 733 g/mol. The Bertz CT molecular complexity index is 1820. The molecule has 0 saturated carbocycles. The number of esters is 1. The predicted octanol–water partition coefficient (Wildman–Crippen LogP) is 5.81. The van der Waals surface area contributed by atoms with E-state index in [1.807, 2.05) is 0 Å². The Kier molecular flexibility index (Phi) is 16.3. The van der Waals surface area contributed by atoms with E-state index in [0.29, 0.717) is 18.5 Å². The minimum Gasteiger partial charge on any atom is -0.508 e. The van der Waals surface area contributed by atoms with Crippen molar-refractivity contribution in [3.8, 4) is 23.0 Å². The molecule has 4 rings (SSSR count). The number of aromatic hydroxyl groups is 3. The van der Waals surface area contributed by atoms with Crippen LogP contribution < -0.4 is 15.4 Å². The molecular formula is C38H43F3N2O12. The third-order valence-electron chi connectivity index (χ3n) is 8.40. The minimum atomic E-state index is -5.08. The first kappa shape index (κ1) is 43.6. The second-order valence-corrected chi connectivity index (χ2v) is 12.6. The molecule has 298 valence electrons. The first-order valence-electron chi connectivity index (χ1n) is 17.5. The van der Waals surface area contributed by atoms with E-state index in [4.69, 9.17) is 19.4 Å². The topological polar surface area (TPSA) is 229 Å². The van der Waals surface area contributed by atoms with Crippen LogP contribution in [0.15, 0.2) is 54.6 Å². The number of benzene rings is 3. The number of phenolic OH excluding ortho intramolecular Hbond substituents is 3. The monoisotopic (exact) mass is 776 g/mol. The van der Waals surface area contributed by atoms with E-state index in [0.717, 1.165) is 43.9 Å². The fourth-order valence-electron chi connectivity index (χ4n) is 5.55. The van der Waals surface area contributed by atoms with Gasteiger partial charge in [0.15, 0.2) is 0 Å². The number of rotatable bonds is 17. The molecule has 0 spiro atoms. The molecule has 1 amide bonds. The van der Waals surface area contributed by atoms with Crippen LogP contribution in [0, 0.1) is 0 Å². The number of aliphatic carboxylic acids is 1. The number of carbonyl (C=O) groups excluding carboxylic acids is 3. The zero-order chi connectivity index (χ0) is 40.7. The van der Waals surface area contributed by atoms with Gasteiger partial charge in [0.2, 0.25) is 5.78 Å². The lowest BCUT2D eigenvalue weighted by Crippen LogP contribution is -2.44. The number of unbranched alkanes of at least 4 members (excludes halogenated alkanes) is 7. The molecule has 3 aromatic carbocycles. The van der Waals surface area contributed by atoms with Crippen molar-refractivity contribution < 1.29 is 72.2 Å². The van der Waals surface area contributed by atoms with Crippen molar-refractivity contribution in [2.24, 2.45) is 0 Å². The number of alkyl halides is 3. The summed E-state index contributed by atoms with van der Waals surface area (Å²) in [5.41, 5.74) is -1.23. The summed E-state index contributed by atoms with van der Waals surface area (Å²) in [6.45, 7) is 2.87. The molecule has 2 atom stereocenters. The molecule has 55 heavy (non-hydrogen) atoms. The fraction of sp³-hybridized carbons (Fsp3) is 0.395. The SMILES string of the molecule is CCCCCCCCCCOc1cc(C(=O)O[C@H]2CNC[C@@H]2NC(=O)c2ccc(O)cc2)cc(O)c1C(=O)c1c(O)cccc1C(=O)O.O=C(O)C(F)(F)F. The maximum atomic E-state index is 13.7. The van der Waals surface area contributed by atoms with Gasteiger partial charge in [0, 0.05) is 18.7 Å². The summed E-state index contributed by atoms with van der Waals surface area (Å²) in [6.07, 6.45) is 2.42. The second-order valence-electron chi connectivity index (χ2n) is 12.6. The Morgan fingerprint density at radius 1 is 0.800 bits per heavy atom. The summed E-state index contributed by atoms with van der Waals surface area (Å²) >= 11 is 0. The van der Waals surface area contributed by atoms with Crippen LogP contribution in [0.3, 0.4) is 0 Å². The van der Waals surface area contributed by atoms with E-state index in [9.17, 15) is 52.8 Å². The largest absolute Gasteiger partial charge is 0.508 e. The zero-order valence-corrected chi connectivity index (χ0v) is 29.9. The van der Waals surface area contributed by atoms with Crippen molar-refractivity contribution >= 4 is 29.6 Å². The number of carbonyl (C=O) groups is 5. The summed E-state index contributed by atoms with van der Waals surface area (Å²) in [4.78, 5) is 60.6. The van der Waals surface area contributed by atoms with Gasteiger partial charge in [0.1, 0.15) is 34.7 Å². The third kappa shape index (κ3) is 12.9. The highest BCUT2D eigenvalue weighted by Crippen LogP contribution is 2.36. The Hall–Kier alpha value is -5.84. The van der Waals surface area contributed by atoms with Gasteiger partial charge in [-0.15, -0.1) is 0 Å². The Balaban J connectivity index is 0.00000106. The van der Waals surface area contributed by atoms with E-state index < -0.39 is 76.1 Å². The van der Waals surface area contributed by atoms with Crippen LogP contribution in [0.5, 0.6) is 23.0 Å². The number of hydrogen-bond donors (Lipinski definition) is 7. The molecule has 0 aliphatic carbocycles. The van der Waals surface area contributed by atoms with Gasteiger partial charge in [-0.1, -0.05) is 57.9 Å². The maximum absolute atomic E-state index is 13.7. The van der Waals surface area contributed by atoms with Crippen LogP contribution in [0.2, 0.25) is 0 Å². The zero-order valence-electron chi connectivity index (χ0n) is 29.9. The van der Waals surface area contributed by atoms with E-state index in [-0.39, 0.29) is 30.2 Å². The van der Waals surface area contributed by atoms with Crippen LogP contribution in [-0.2, 0) is 9.53 Å². The molecule has 0 aromatic heterocycles. The quantitative estimate of drug-likeness (QED) is 0.0488. The first-order valence-corrected chi connectivity index (χ1v) is 17.5. The fourth-order valence-corrected chi connectivity index (χ4v) is 5.55. The molecule has 3 aromatic rings. The smallest absolute Gasteiger partial charge is 0.490 e. The Labute approximate surface area is 313 Å². The molecule has 1 saturated heterocycles. The van der Waals surface area contributed by atoms with Crippen LogP contribution in [0.25, 0.3) is 0 Å².